The second-order valence-electron chi connectivity index (χ2n) is 4.77. The smallest absolute Gasteiger partial charge is 0.0985 e. The average Bonchev–Trinajstić information content (AvgIpc) is 2.75. The van der Waals surface area contributed by atoms with Crippen molar-refractivity contribution in [1.29, 1.82) is 4.78 Å². The summed E-state index contributed by atoms with van der Waals surface area (Å²) >= 11 is 0. The molecule has 0 saturated carbocycles. The lowest BCUT2D eigenvalue weighted by Gasteiger charge is -2.25. The maximum atomic E-state index is 11.6. The van der Waals surface area contributed by atoms with Crippen LogP contribution in [0.15, 0.2) is 41.6 Å². The lowest BCUT2D eigenvalue weighted by Crippen LogP contribution is -2.30. The molecule has 0 spiro atoms. The van der Waals surface area contributed by atoms with E-state index in [4.69, 9.17) is 9.52 Å². The van der Waals surface area contributed by atoms with E-state index in [-0.39, 0.29) is 0 Å². The van der Waals surface area contributed by atoms with Crippen molar-refractivity contribution >= 4 is 9.73 Å². The molecule has 3 rings (SSSR count). The molecule has 5 nitrogen and oxygen atoms in total. The van der Waals surface area contributed by atoms with Crippen LogP contribution in [0.25, 0.3) is 11.1 Å². The van der Waals surface area contributed by atoms with E-state index < -0.39 is 9.73 Å². The van der Waals surface area contributed by atoms with Gasteiger partial charge in [0.05, 0.1) is 35.2 Å². The van der Waals surface area contributed by atoms with Gasteiger partial charge < -0.3 is 4.74 Å². The van der Waals surface area contributed by atoms with Gasteiger partial charge in [-0.15, -0.1) is 0 Å². The van der Waals surface area contributed by atoms with E-state index in [2.05, 4.69) is 5.10 Å². The highest BCUT2D eigenvalue weighted by molar-refractivity contribution is 7.91. The molecule has 1 aromatic carbocycles. The van der Waals surface area contributed by atoms with Gasteiger partial charge in [0.15, 0.2) is 0 Å². The summed E-state index contributed by atoms with van der Waals surface area (Å²) in [4.78, 5) is 0.552. The third kappa shape index (κ3) is 2.41. The monoisotopic (exact) mass is 277 g/mol. The number of hydrogen-bond donors (Lipinski definition) is 1. The van der Waals surface area contributed by atoms with E-state index in [0.29, 0.717) is 10.9 Å². The fraction of sp³-hybridized carbons (Fsp3) is 0.308. The van der Waals surface area contributed by atoms with Crippen LogP contribution in [0.2, 0.25) is 0 Å². The maximum absolute atomic E-state index is 11.6. The van der Waals surface area contributed by atoms with Crippen molar-refractivity contribution in [2.45, 2.75) is 10.9 Å². The van der Waals surface area contributed by atoms with E-state index >= 15 is 0 Å². The minimum absolute atomic E-state index is 0.343. The number of nitrogens with zero attached hydrogens (tertiary/aromatic N) is 2. The number of nitrogens with one attached hydrogen (secondary N) is 1. The highest BCUT2D eigenvalue weighted by atomic mass is 32.2. The van der Waals surface area contributed by atoms with Gasteiger partial charge in [-0.1, -0.05) is 12.1 Å². The molecule has 2 heterocycles. The molecule has 0 bridgehead atoms. The van der Waals surface area contributed by atoms with Crippen LogP contribution >= 0.6 is 0 Å². The Bertz CT molecular complexity index is 685. The van der Waals surface area contributed by atoms with Crippen LogP contribution in [0, 0.1) is 4.78 Å². The molecule has 19 heavy (non-hydrogen) atoms. The molecule has 100 valence electrons. The Morgan fingerprint density at radius 2 is 2.00 bits per heavy atom. The number of hydrogen-bond acceptors (Lipinski definition) is 4. The highest BCUT2D eigenvalue weighted by Gasteiger charge is 2.21. The molecule has 1 N–H and O–H groups in total. The summed E-state index contributed by atoms with van der Waals surface area (Å²) in [7, 11) is -2.64. The van der Waals surface area contributed by atoms with Crippen LogP contribution in [-0.2, 0) is 14.5 Å². The van der Waals surface area contributed by atoms with Crippen molar-refractivity contribution in [3.63, 3.8) is 0 Å². The van der Waals surface area contributed by atoms with Crippen molar-refractivity contribution in [2.75, 3.05) is 19.5 Å². The summed E-state index contributed by atoms with van der Waals surface area (Å²) in [6.45, 7) is 1.44. The zero-order chi connectivity index (χ0) is 13.5. The van der Waals surface area contributed by atoms with Crippen molar-refractivity contribution < 1.29 is 8.95 Å². The Morgan fingerprint density at radius 1 is 1.32 bits per heavy atom. The molecule has 0 amide bonds. The molecular weight excluding hydrogens is 262 g/mol. The molecule has 0 radical (unpaired) electrons. The molecule has 1 unspecified atom stereocenters. The predicted molar refractivity (Wildman–Crippen MR) is 72.6 cm³/mol. The predicted octanol–water partition coefficient (Wildman–Crippen LogP) is 2.16. The first-order valence-electron chi connectivity index (χ1n) is 6.00. The van der Waals surface area contributed by atoms with Crippen molar-refractivity contribution in [3.05, 3.63) is 36.7 Å². The number of benzene rings is 1. The third-order valence-electron chi connectivity index (χ3n) is 3.23. The molecule has 1 aliphatic heterocycles. The normalized spacial score (nSPS) is 18.8. The van der Waals surface area contributed by atoms with Gasteiger partial charge in [0.2, 0.25) is 0 Å². The molecule has 2 aromatic rings. The van der Waals surface area contributed by atoms with E-state index in [1.165, 1.54) is 6.26 Å². The minimum Gasteiger partial charge on any atom is -0.377 e. The quantitative estimate of drug-likeness (QED) is 0.934. The van der Waals surface area contributed by atoms with Crippen LogP contribution in [0.4, 0.5) is 0 Å². The number of ether oxygens (including phenoxy) is 1. The largest absolute Gasteiger partial charge is 0.377 e. The molecule has 6 heteroatoms. The zero-order valence-corrected chi connectivity index (χ0v) is 11.4. The lowest BCUT2D eigenvalue weighted by molar-refractivity contribution is -0.0286. The summed E-state index contributed by atoms with van der Waals surface area (Å²) in [6.07, 6.45) is 5.24. The zero-order valence-electron chi connectivity index (χ0n) is 10.6. The second kappa shape index (κ2) is 4.47. The Balaban J connectivity index is 1.87. The van der Waals surface area contributed by atoms with Crippen LogP contribution < -0.4 is 0 Å². The fourth-order valence-electron chi connectivity index (χ4n) is 1.97. The Hall–Kier alpha value is -1.66. The average molecular weight is 277 g/mol. The topological polar surface area (TPSA) is 68.0 Å². The summed E-state index contributed by atoms with van der Waals surface area (Å²) in [5, 5.41) is 4.33. The number of rotatable bonds is 3. The molecule has 1 fully saturated rings. The molecule has 1 aliphatic rings. The van der Waals surface area contributed by atoms with Gasteiger partial charge in [0.25, 0.3) is 0 Å². The summed E-state index contributed by atoms with van der Waals surface area (Å²) < 4.78 is 26.2. The summed E-state index contributed by atoms with van der Waals surface area (Å²) in [5.74, 6) is 0. The van der Waals surface area contributed by atoms with Crippen molar-refractivity contribution in [2.24, 2.45) is 0 Å². The van der Waals surface area contributed by atoms with Crippen LogP contribution in [0.1, 0.15) is 6.04 Å². The Kier molecular flexibility index (Phi) is 2.91. The first-order valence-corrected chi connectivity index (χ1v) is 7.97. The van der Waals surface area contributed by atoms with Gasteiger partial charge in [0.1, 0.15) is 0 Å². The van der Waals surface area contributed by atoms with Gasteiger partial charge in [-0.2, -0.15) is 5.10 Å². The molecule has 1 saturated heterocycles. The van der Waals surface area contributed by atoms with Crippen LogP contribution in [0.3, 0.4) is 0 Å². The highest BCUT2D eigenvalue weighted by Crippen LogP contribution is 2.24. The first-order chi connectivity index (χ1) is 9.04. The lowest BCUT2D eigenvalue weighted by atomic mass is 10.1. The van der Waals surface area contributed by atoms with Crippen molar-refractivity contribution in [1.82, 2.24) is 9.78 Å². The minimum atomic E-state index is -2.64. The molecule has 0 aliphatic carbocycles. The van der Waals surface area contributed by atoms with Crippen LogP contribution in [0.5, 0.6) is 0 Å². The van der Waals surface area contributed by atoms with E-state index in [1.807, 2.05) is 29.2 Å². The van der Waals surface area contributed by atoms with E-state index in [9.17, 15) is 4.21 Å². The third-order valence-corrected chi connectivity index (χ3v) is 4.41. The van der Waals surface area contributed by atoms with E-state index in [0.717, 1.165) is 24.3 Å². The number of aromatic nitrogens is 2. The van der Waals surface area contributed by atoms with E-state index in [1.54, 1.807) is 12.1 Å². The van der Waals surface area contributed by atoms with Gasteiger partial charge in [0, 0.05) is 22.9 Å². The summed E-state index contributed by atoms with van der Waals surface area (Å²) in [6, 6.07) is 7.59. The summed E-state index contributed by atoms with van der Waals surface area (Å²) in [5.41, 5.74) is 2.03. The maximum Gasteiger partial charge on any atom is 0.0985 e. The fourth-order valence-corrected chi connectivity index (χ4v) is 2.63. The first kappa shape index (κ1) is 12.4. The standard InChI is InChI=1S/C13H15N3O2S/c1-19(14,17)13-4-2-10(3-5-13)11-6-15-16(7-11)12-8-18-9-12/h2-7,12,14H,8-9H2,1H3. The Labute approximate surface area is 112 Å². The van der Waals surface area contributed by atoms with Gasteiger partial charge >= 0.3 is 0 Å². The van der Waals surface area contributed by atoms with Gasteiger partial charge in [-0.25, -0.2) is 8.99 Å². The van der Waals surface area contributed by atoms with Crippen molar-refractivity contribution in [3.8, 4) is 11.1 Å². The van der Waals surface area contributed by atoms with Crippen LogP contribution in [-0.4, -0.2) is 33.5 Å². The molecular formula is C13H15N3O2S. The molecule has 1 atom stereocenters. The van der Waals surface area contributed by atoms with Gasteiger partial charge in [-0.3, -0.25) is 4.68 Å². The SMILES string of the molecule is CS(=N)(=O)c1ccc(-c2cnn(C3COC3)c2)cc1. The molecule has 1 aromatic heterocycles. The van der Waals surface area contributed by atoms with Gasteiger partial charge in [-0.05, 0) is 17.7 Å². The second-order valence-corrected chi connectivity index (χ2v) is 6.93. The Morgan fingerprint density at radius 3 is 2.53 bits per heavy atom.